The summed E-state index contributed by atoms with van der Waals surface area (Å²) in [5.41, 5.74) is 4.02. The predicted octanol–water partition coefficient (Wildman–Crippen LogP) is 8.23. The zero-order chi connectivity index (χ0) is 38.2. The molecule has 1 aliphatic carbocycles. The molecule has 286 valence electrons. The van der Waals surface area contributed by atoms with E-state index in [2.05, 4.69) is 69.4 Å². The second kappa shape index (κ2) is 15.3. The number of amides is 2. The van der Waals surface area contributed by atoms with E-state index in [0.717, 1.165) is 42.4 Å². The Morgan fingerprint density at radius 3 is 2.19 bits per heavy atom. The van der Waals surface area contributed by atoms with E-state index >= 15 is 0 Å². The maximum absolute atomic E-state index is 14.7. The number of fused-ring (bicyclic) bond motifs is 4. The highest BCUT2D eigenvalue weighted by Gasteiger charge is 2.51. The molecule has 1 N–H and O–H groups in total. The molecule has 2 aliphatic heterocycles. The monoisotopic (exact) mass is 745 g/mol. The molecule has 1 aromatic heterocycles. The third-order valence-corrected chi connectivity index (χ3v) is 12.2. The van der Waals surface area contributed by atoms with Crippen LogP contribution in [0.5, 0.6) is 5.88 Å². The number of benzene rings is 2. The number of likely N-dealkylation sites (tertiary alicyclic amines) is 1. The van der Waals surface area contributed by atoms with Crippen molar-refractivity contribution >= 4 is 28.0 Å². The molecule has 6 rings (SSSR count). The third kappa shape index (κ3) is 8.32. The van der Waals surface area contributed by atoms with Gasteiger partial charge in [0, 0.05) is 36.3 Å². The fourth-order valence-corrected chi connectivity index (χ4v) is 9.24. The Bertz CT molecular complexity index is 1900. The van der Waals surface area contributed by atoms with Crippen molar-refractivity contribution < 1.29 is 27.5 Å². The summed E-state index contributed by atoms with van der Waals surface area (Å²) in [4.78, 5) is 40.3. The minimum absolute atomic E-state index is 0.0213. The van der Waals surface area contributed by atoms with Crippen molar-refractivity contribution in [3.05, 3.63) is 65.2 Å². The molecule has 2 aromatic carbocycles. The number of carbonyl (C=O) groups excluding carboxylic acids is 2. The van der Waals surface area contributed by atoms with E-state index in [0.29, 0.717) is 30.8 Å². The van der Waals surface area contributed by atoms with Crippen molar-refractivity contribution in [2.75, 3.05) is 24.4 Å². The normalized spacial score (nSPS) is 20.1. The van der Waals surface area contributed by atoms with Crippen LogP contribution in [0.4, 0.5) is 10.7 Å². The van der Waals surface area contributed by atoms with Crippen molar-refractivity contribution in [2.24, 2.45) is 11.3 Å². The van der Waals surface area contributed by atoms with E-state index in [1.54, 1.807) is 23.1 Å². The number of ether oxygens (including phenoxy) is 2. The van der Waals surface area contributed by atoms with Crippen molar-refractivity contribution in [1.82, 2.24) is 19.8 Å². The van der Waals surface area contributed by atoms with Gasteiger partial charge in [0.05, 0.1) is 22.7 Å². The number of nitrogens with one attached hydrogen (secondary N) is 1. The standard InChI is InChI=1S/C41H55N5O6S/c1-25(2)19-30-24-51-36-21-35(37-33(26(3)4)13-10-14-34(37)27(5)6)42-39(43-36)44-53(49,50)32-12-9-11-29(20-32)38(47)46(30)31-22-41(23-31)15-17-45(18-16-41)40(48)52-28(7)8/h9-14,20-21,25-28,30-31H,15-19,22-24H2,1-8H3,(H,42,43,44)/t30-/m1/s1. The minimum Gasteiger partial charge on any atom is -0.475 e. The van der Waals surface area contributed by atoms with Gasteiger partial charge in [-0.15, -0.1) is 0 Å². The van der Waals surface area contributed by atoms with Crippen LogP contribution in [0.2, 0.25) is 0 Å². The van der Waals surface area contributed by atoms with Crippen molar-refractivity contribution in [3.8, 4) is 17.1 Å². The summed E-state index contributed by atoms with van der Waals surface area (Å²) >= 11 is 0. The Hall–Kier alpha value is -4.19. The van der Waals surface area contributed by atoms with E-state index in [4.69, 9.17) is 14.5 Å². The number of hydrogen-bond acceptors (Lipinski definition) is 8. The van der Waals surface area contributed by atoms with Crippen LogP contribution in [0.3, 0.4) is 0 Å². The van der Waals surface area contributed by atoms with E-state index in [9.17, 15) is 18.0 Å². The molecule has 53 heavy (non-hydrogen) atoms. The number of sulfonamides is 1. The van der Waals surface area contributed by atoms with Crippen LogP contribution in [0.15, 0.2) is 53.4 Å². The SMILES string of the molecule is CC(C)C[C@@H]1COc2cc(-c3c(C(C)C)cccc3C(C)C)nc(n2)NS(=O)(=O)c2cccc(c2)C(=O)N1C1CC2(CCN(C(=O)OC(C)C)CC2)C1. The van der Waals surface area contributed by atoms with Crippen molar-refractivity contribution in [1.29, 1.82) is 0 Å². The van der Waals surface area contributed by atoms with Crippen LogP contribution in [-0.4, -0.2) is 78.1 Å². The number of rotatable bonds is 7. The van der Waals surface area contributed by atoms with Crippen LogP contribution >= 0.6 is 0 Å². The average Bonchev–Trinajstić information content (AvgIpc) is 3.08. The molecule has 3 heterocycles. The lowest BCUT2D eigenvalue weighted by Gasteiger charge is -2.56. The number of anilines is 1. The molecule has 1 saturated heterocycles. The lowest BCUT2D eigenvalue weighted by atomic mass is 9.59. The van der Waals surface area contributed by atoms with Gasteiger partial charge in [0.1, 0.15) is 6.61 Å². The first-order valence-corrected chi connectivity index (χ1v) is 20.6. The molecule has 11 nitrogen and oxygen atoms in total. The van der Waals surface area contributed by atoms with Crippen LogP contribution in [-0.2, 0) is 14.8 Å². The maximum Gasteiger partial charge on any atom is 0.410 e. The molecule has 0 radical (unpaired) electrons. The molecule has 0 unspecified atom stereocenters. The van der Waals surface area contributed by atoms with Gasteiger partial charge in [-0.2, -0.15) is 4.98 Å². The molecule has 4 bridgehead atoms. The highest BCUT2D eigenvalue weighted by atomic mass is 32.2. The topological polar surface area (TPSA) is 131 Å². The lowest BCUT2D eigenvalue weighted by Crippen LogP contribution is -2.60. The average molecular weight is 746 g/mol. The van der Waals surface area contributed by atoms with Crippen LogP contribution in [0.1, 0.15) is 121 Å². The summed E-state index contributed by atoms with van der Waals surface area (Å²) in [6, 6.07) is 13.9. The van der Waals surface area contributed by atoms with Gasteiger partial charge < -0.3 is 19.3 Å². The van der Waals surface area contributed by atoms with Gasteiger partial charge in [-0.1, -0.05) is 65.8 Å². The zero-order valence-electron chi connectivity index (χ0n) is 32.4. The highest BCUT2D eigenvalue weighted by Crippen LogP contribution is 2.52. The summed E-state index contributed by atoms with van der Waals surface area (Å²) in [5, 5.41) is 0. The van der Waals surface area contributed by atoms with Gasteiger partial charge in [-0.25, -0.2) is 22.9 Å². The second-order valence-electron chi connectivity index (χ2n) is 16.5. The maximum atomic E-state index is 14.7. The van der Waals surface area contributed by atoms with Gasteiger partial charge in [0.2, 0.25) is 11.8 Å². The predicted molar refractivity (Wildman–Crippen MR) is 206 cm³/mol. The second-order valence-corrected chi connectivity index (χ2v) is 18.1. The van der Waals surface area contributed by atoms with E-state index in [1.807, 2.05) is 18.7 Å². The molecule has 12 heteroatoms. The van der Waals surface area contributed by atoms with Gasteiger partial charge in [0.15, 0.2) is 0 Å². The zero-order valence-corrected chi connectivity index (χ0v) is 33.2. The number of aromatic nitrogens is 2. The number of nitrogens with zero attached hydrogens (tertiary/aromatic N) is 4. The molecule has 1 spiro atoms. The van der Waals surface area contributed by atoms with Crippen LogP contribution in [0, 0.1) is 11.3 Å². The highest BCUT2D eigenvalue weighted by molar-refractivity contribution is 7.92. The fraction of sp³-hybridized carbons (Fsp3) is 0.561. The summed E-state index contributed by atoms with van der Waals surface area (Å²) < 4.78 is 42.4. The van der Waals surface area contributed by atoms with E-state index in [1.165, 1.54) is 12.1 Å². The molecule has 3 aliphatic rings. The number of hydrogen-bond donors (Lipinski definition) is 1. The summed E-state index contributed by atoms with van der Waals surface area (Å²) in [6.45, 7) is 17.9. The summed E-state index contributed by atoms with van der Waals surface area (Å²) in [7, 11) is -4.18. The molecular weight excluding hydrogens is 691 g/mol. The third-order valence-electron chi connectivity index (χ3n) is 10.9. The minimum atomic E-state index is -4.18. The molecule has 3 aromatic rings. The molecule has 2 fully saturated rings. The smallest absolute Gasteiger partial charge is 0.410 e. The first kappa shape index (κ1) is 38.5. The van der Waals surface area contributed by atoms with Gasteiger partial charge in [-0.3, -0.25) is 4.79 Å². The summed E-state index contributed by atoms with van der Waals surface area (Å²) in [6.07, 6.45) is 3.51. The lowest BCUT2D eigenvalue weighted by molar-refractivity contribution is -0.0521. The number of piperidine rings is 1. The van der Waals surface area contributed by atoms with Crippen molar-refractivity contribution in [3.63, 3.8) is 0 Å². The van der Waals surface area contributed by atoms with Gasteiger partial charge in [0.25, 0.3) is 15.9 Å². The van der Waals surface area contributed by atoms with Crippen LogP contribution in [0.25, 0.3) is 11.3 Å². The first-order chi connectivity index (χ1) is 25.1. The van der Waals surface area contributed by atoms with Crippen LogP contribution < -0.4 is 9.46 Å². The molecule has 1 atom stereocenters. The number of carbonyl (C=O) groups is 2. The van der Waals surface area contributed by atoms with Crippen molar-refractivity contribution in [2.45, 2.75) is 122 Å². The fourth-order valence-electron chi connectivity index (χ4n) is 8.25. The van der Waals surface area contributed by atoms with Gasteiger partial charge >= 0.3 is 6.09 Å². The Morgan fingerprint density at radius 1 is 0.943 bits per heavy atom. The molecular formula is C41H55N5O6S. The molecule has 1 saturated carbocycles. The van der Waals surface area contributed by atoms with Gasteiger partial charge in [-0.05, 0) is 98.4 Å². The Labute approximate surface area is 314 Å². The largest absolute Gasteiger partial charge is 0.475 e. The first-order valence-electron chi connectivity index (χ1n) is 19.1. The summed E-state index contributed by atoms with van der Waals surface area (Å²) in [5.74, 6) is 0.528. The van der Waals surface area contributed by atoms with E-state index < -0.39 is 10.0 Å². The van der Waals surface area contributed by atoms with E-state index in [-0.39, 0.29) is 76.7 Å². The Balaban J connectivity index is 1.39. The quantitative estimate of drug-likeness (QED) is 0.256. The Morgan fingerprint density at radius 2 is 1.58 bits per heavy atom. The Kier molecular flexibility index (Phi) is 11.1. The molecule has 2 amide bonds.